The number of aryl methyl sites for hydroxylation is 2. The van der Waals surface area contributed by atoms with E-state index in [9.17, 15) is 0 Å². The number of benzene rings is 3. The molecular weight excluding hydrogens is 498 g/mol. The summed E-state index contributed by atoms with van der Waals surface area (Å²) >= 11 is 7.02. The maximum atomic E-state index is 6.53. The molecule has 4 rings (SSSR count). The molecule has 0 bridgehead atoms. The third kappa shape index (κ3) is 4.63. The topological polar surface area (TPSA) is 9.23 Å². The van der Waals surface area contributed by atoms with E-state index in [2.05, 4.69) is 68.4 Å². The van der Waals surface area contributed by atoms with Crippen LogP contribution in [-0.4, -0.2) is 36.5 Å². The van der Waals surface area contributed by atoms with Crippen LogP contribution in [0.5, 0.6) is 0 Å². The standard InChI is InChI=1S/C24H21ClOSe2/c1-16-7-11-18(12-8-16)27-22-15-26-23(20-5-3-4-6-21(20)25)24(22)28-19-13-9-17(2)10-14-19/h3-14,23H,15H2,1-2H3. The molecular formula is C24H21ClOSe2. The zero-order valence-electron chi connectivity index (χ0n) is 15.8. The monoisotopic (exact) mass is 520 g/mol. The van der Waals surface area contributed by atoms with E-state index in [1.165, 1.54) is 29.0 Å². The average Bonchev–Trinajstić information content (AvgIpc) is 3.08. The molecule has 0 amide bonds. The van der Waals surface area contributed by atoms with Crippen LogP contribution in [0, 0.1) is 13.8 Å². The molecule has 0 N–H and O–H groups in total. The van der Waals surface area contributed by atoms with Crippen molar-refractivity contribution in [1.82, 2.24) is 0 Å². The van der Waals surface area contributed by atoms with Gasteiger partial charge in [-0.25, -0.2) is 0 Å². The Morgan fingerprint density at radius 2 is 1.36 bits per heavy atom. The number of hydrogen-bond donors (Lipinski definition) is 0. The molecule has 3 aromatic carbocycles. The Bertz CT molecular complexity index is 994. The third-order valence-corrected chi connectivity index (χ3v) is 10.4. The Labute approximate surface area is 184 Å². The molecule has 142 valence electrons. The van der Waals surface area contributed by atoms with Crippen molar-refractivity contribution < 1.29 is 4.74 Å². The Morgan fingerprint density at radius 3 is 1.96 bits per heavy atom. The summed E-state index contributed by atoms with van der Waals surface area (Å²) < 4.78 is 12.0. The van der Waals surface area contributed by atoms with Crippen LogP contribution >= 0.6 is 11.6 Å². The predicted molar refractivity (Wildman–Crippen MR) is 120 cm³/mol. The normalized spacial score (nSPS) is 16.6. The van der Waals surface area contributed by atoms with Crippen molar-refractivity contribution in [2.24, 2.45) is 0 Å². The van der Waals surface area contributed by atoms with Gasteiger partial charge in [-0.05, 0) is 0 Å². The fourth-order valence-corrected chi connectivity index (χ4v) is 8.16. The van der Waals surface area contributed by atoms with Crippen molar-refractivity contribution in [3.8, 4) is 0 Å². The van der Waals surface area contributed by atoms with Crippen molar-refractivity contribution in [2.75, 3.05) is 6.61 Å². The van der Waals surface area contributed by atoms with Crippen molar-refractivity contribution >= 4 is 50.4 Å². The fourth-order valence-electron chi connectivity index (χ4n) is 3.04. The molecule has 0 saturated heterocycles. The first-order chi connectivity index (χ1) is 13.6. The molecule has 0 aromatic heterocycles. The van der Waals surface area contributed by atoms with Crippen LogP contribution in [0.1, 0.15) is 22.8 Å². The van der Waals surface area contributed by atoms with E-state index in [-0.39, 0.29) is 36.0 Å². The van der Waals surface area contributed by atoms with Gasteiger partial charge in [0.2, 0.25) is 0 Å². The molecule has 28 heavy (non-hydrogen) atoms. The summed E-state index contributed by atoms with van der Waals surface area (Å²) in [7, 11) is 0. The first-order valence-corrected chi connectivity index (χ1v) is 13.0. The minimum absolute atomic E-state index is 0.0303. The molecule has 4 heteroatoms. The molecule has 0 aliphatic carbocycles. The van der Waals surface area contributed by atoms with Gasteiger partial charge in [0.15, 0.2) is 0 Å². The summed E-state index contributed by atoms with van der Waals surface area (Å²) in [6, 6.07) is 25.9. The summed E-state index contributed by atoms with van der Waals surface area (Å²) in [5.41, 5.74) is 3.68. The molecule has 3 aromatic rings. The van der Waals surface area contributed by atoms with Crippen LogP contribution in [0.25, 0.3) is 0 Å². The second-order valence-corrected chi connectivity index (χ2v) is 12.0. The Hall–Kier alpha value is -1.31. The van der Waals surface area contributed by atoms with Gasteiger partial charge in [0.05, 0.1) is 0 Å². The van der Waals surface area contributed by atoms with E-state index >= 15 is 0 Å². The van der Waals surface area contributed by atoms with E-state index in [1.807, 2.05) is 18.2 Å². The first kappa shape index (κ1) is 20.0. The van der Waals surface area contributed by atoms with Gasteiger partial charge in [-0.2, -0.15) is 0 Å². The van der Waals surface area contributed by atoms with E-state index in [1.54, 1.807) is 0 Å². The van der Waals surface area contributed by atoms with Gasteiger partial charge in [0.1, 0.15) is 0 Å². The number of ether oxygens (including phenoxy) is 1. The van der Waals surface area contributed by atoms with Crippen molar-refractivity contribution in [1.29, 1.82) is 0 Å². The summed E-state index contributed by atoms with van der Waals surface area (Å²) in [6.07, 6.45) is -0.0303. The molecule has 1 nitrogen and oxygen atoms in total. The third-order valence-electron chi connectivity index (χ3n) is 4.59. The molecule has 0 radical (unpaired) electrons. The Balaban J connectivity index is 1.70. The van der Waals surface area contributed by atoms with E-state index in [4.69, 9.17) is 16.3 Å². The van der Waals surface area contributed by atoms with Crippen LogP contribution < -0.4 is 8.92 Å². The molecule has 0 saturated carbocycles. The molecule has 1 unspecified atom stereocenters. The second-order valence-electron chi connectivity index (χ2n) is 6.83. The maximum absolute atomic E-state index is 6.53. The van der Waals surface area contributed by atoms with Crippen molar-refractivity contribution in [3.05, 3.63) is 103 Å². The predicted octanol–water partition coefficient (Wildman–Crippen LogP) is 4.30. The fraction of sp³-hybridized carbons (Fsp3) is 0.167. The molecule has 0 spiro atoms. The quantitative estimate of drug-likeness (QED) is 0.458. The number of halogens is 1. The van der Waals surface area contributed by atoms with Gasteiger partial charge < -0.3 is 0 Å². The van der Waals surface area contributed by atoms with Crippen LogP contribution in [0.3, 0.4) is 0 Å². The molecule has 1 atom stereocenters. The van der Waals surface area contributed by atoms with Crippen molar-refractivity contribution in [3.63, 3.8) is 0 Å². The van der Waals surface area contributed by atoms with Crippen LogP contribution in [0.2, 0.25) is 5.02 Å². The Kier molecular flexibility index (Phi) is 6.43. The molecule has 1 aliphatic rings. The van der Waals surface area contributed by atoms with E-state index in [0.29, 0.717) is 6.61 Å². The molecule has 1 aliphatic heterocycles. The van der Waals surface area contributed by atoms with Gasteiger partial charge in [-0.3, -0.25) is 0 Å². The summed E-state index contributed by atoms with van der Waals surface area (Å²) in [6.45, 7) is 4.97. The van der Waals surface area contributed by atoms with Gasteiger partial charge in [0, 0.05) is 0 Å². The Morgan fingerprint density at radius 1 is 0.786 bits per heavy atom. The number of rotatable bonds is 5. The molecule has 0 fully saturated rings. The zero-order chi connectivity index (χ0) is 19.5. The number of hydrogen-bond acceptors (Lipinski definition) is 1. The van der Waals surface area contributed by atoms with E-state index in [0.717, 1.165) is 10.6 Å². The van der Waals surface area contributed by atoms with Gasteiger partial charge >= 0.3 is 185 Å². The van der Waals surface area contributed by atoms with Gasteiger partial charge in [-0.1, -0.05) is 0 Å². The van der Waals surface area contributed by atoms with Crippen LogP contribution in [-0.2, 0) is 4.74 Å². The summed E-state index contributed by atoms with van der Waals surface area (Å²) in [4.78, 5) is 0. The van der Waals surface area contributed by atoms with Gasteiger partial charge in [0.25, 0.3) is 0 Å². The molecule has 1 heterocycles. The second kappa shape index (κ2) is 9.01. The average molecular weight is 519 g/mol. The van der Waals surface area contributed by atoms with Crippen LogP contribution in [0.4, 0.5) is 0 Å². The van der Waals surface area contributed by atoms with Gasteiger partial charge in [-0.15, -0.1) is 0 Å². The summed E-state index contributed by atoms with van der Waals surface area (Å²) in [5, 5.41) is 0.786. The zero-order valence-corrected chi connectivity index (χ0v) is 20.0. The van der Waals surface area contributed by atoms with E-state index < -0.39 is 0 Å². The first-order valence-electron chi connectivity index (χ1n) is 9.18. The summed E-state index contributed by atoms with van der Waals surface area (Å²) in [5.74, 6) is 0. The minimum atomic E-state index is -0.0303. The van der Waals surface area contributed by atoms with Crippen LogP contribution in [0.15, 0.2) is 81.7 Å². The van der Waals surface area contributed by atoms with Crippen molar-refractivity contribution in [2.45, 2.75) is 20.0 Å². The SMILES string of the molecule is Cc1ccc([Se]C2=C([Se]c3ccc(C)cc3)C(c3ccccc3Cl)OC2)cc1.